The monoisotopic (exact) mass is 300 g/mol. The third kappa shape index (κ3) is 3.08. The van der Waals surface area contributed by atoms with Gasteiger partial charge in [0, 0.05) is 5.69 Å². The first-order valence-electron chi connectivity index (χ1n) is 6.84. The molecule has 1 aromatic carbocycles. The number of benzene rings is 1. The normalized spacial score (nSPS) is 12.8. The standard InChI is InChI=1S/C15H16N4O3/c1-10-5-11(2)19(18-10)8-15(20)17-16-7-12-3-4-13-14(6-12)22-9-21-13/h3-7H,8-9H2,1-2H3,(H,17,20)/b16-7+. The molecule has 2 aromatic rings. The summed E-state index contributed by atoms with van der Waals surface area (Å²) in [7, 11) is 0. The molecule has 7 heteroatoms. The molecule has 7 nitrogen and oxygen atoms in total. The number of carbonyl (C=O) groups is 1. The largest absolute Gasteiger partial charge is 0.454 e. The first-order chi connectivity index (χ1) is 10.6. The average Bonchev–Trinajstić information content (AvgIpc) is 3.05. The first-order valence-corrected chi connectivity index (χ1v) is 6.84. The lowest BCUT2D eigenvalue weighted by atomic mass is 10.2. The molecule has 1 N–H and O–H groups in total. The van der Waals surface area contributed by atoms with Crippen molar-refractivity contribution in [3.63, 3.8) is 0 Å². The van der Waals surface area contributed by atoms with Gasteiger partial charge in [-0.15, -0.1) is 0 Å². The molecule has 1 aromatic heterocycles. The van der Waals surface area contributed by atoms with Crippen molar-refractivity contribution in [1.82, 2.24) is 15.2 Å². The molecule has 0 atom stereocenters. The van der Waals surface area contributed by atoms with E-state index in [9.17, 15) is 4.79 Å². The number of hydrazone groups is 1. The maximum absolute atomic E-state index is 11.8. The van der Waals surface area contributed by atoms with Gasteiger partial charge in [0.25, 0.3) is 5.91 Å². The molecule has 0 bridgehead atoms. The Kier molecular flexibility index (Phi) is 3.78. The number of hydrogen-bond acceptors (Lipinski definition) is 5. The van der Waals surface area contributed by atoms with Gasteiger partial charge >= 0.3 is 0 Å². The van der Waals surface area contributed by atoms with Crippen LogP contribution in [0.5, 0.6) is 11.5 Å². The van der Waals surface area contributed by atoms with Crippen LogP contribution in [0.2, 0.25) is 0 Å². The summed E-state index contributed by atoms with van der Waals surface area (Å²) in [5, 5.41) is 8.17. The number of carbonyl (C=O) groups excluding carboxylic acids is 1. The summed E-state index contributed by atoms with van der Waals surface area (Å²) in [6, 6.07) is 7.37. The second kappa shape index (κ2) is 5.88. The molecule has 1 amide bonds. The Morgan fingerprint density at radius 2 is 2.18 bits per heavy atom. The number of ether oxygens (including phenoxy) is 2. The third-order valence-electron chi connectivity index (χ3n) is 3.20. The molecule has 2 heterocycles. The van der Waals surface area contributed by atoms with Crippen LogP contribution in [0, 0.1) is 13.8 Å². The van der Waals surface area contributed by atoms with Crippen LogP contribution >= 0.6 is 0 Å². The van der Waals surface area contributed by atoms with Crippen LogP contribution in [0.15, 0.2) is 29.4 Å². The Labute approximate surface area is 127 Å². The molecular formula is C15H16N4O3. The summed E-state index contributed by atoms with van der Waals surface area (Å²) in [4.78, 5) is 11.8. The highest BCUT2D eigenvalue weighted by atomic mass is 16.7. The van der Waals surface area contributed by atoms with Crippen molar-refractivity contribution in [1.29, 1.82) is 0 Å². The molecule has 0 radical (unpaired) electrons. The van der Waals surface area contributed by atoms with E-state index in [-0.39, 0.29) is 19.2 Å². The molecule has 0 unspecified atom stereocenters. The van der Waals surface area contributed by atoms with E-state index in [2.05, 4.69) is 15.6 Å². The Morgan fingerprint density at radius 1 is 1.36 bits per heavy atom. The van der Waals surface area contributed by atoms with E-state index < -0.39 is 0 Å². The molecule has 3 rings (SSSR count). The first kappa shape index (κ1) is 14.1. The minimum absolute atomic E-state index is 0.137. The van der Waals surface area contributed by atoms with Crippen LogP contribution in [0.3, 0.4) is 0 Å². The minimum Gasteiger partial charge on any atom is -0.454 e. The van der Waals surface area contributed by atoms with Crippen LogP contribution in [-0.4, -0.2) is 28.7 Å². The van der Waals surface area contributed by atoms with Gasteiger partial charge in [0.05, 0.1) is 11.9 Å². The zero-order valence-corrected chi connectivity index (χ0v) is 12.4. The van der Waals surface area contributed by atoms with Crippen molar-refractivity contribution in [2.45, 2.75) is 20.4 Å². The summed E-state index contributed by atoms with van der Waals surface area (Å²) in [5.74, 6) is 1.16. The van der Waals surface area contributed by atoms with Crippen molar-refractivity contribution in [3.05, 3.63) is 41.2 Å². The third-order valence-corrected chi connectivity index (χ3v) is 3.20. The highest BCUT2D eigenvalue weighted by molar-refractivity contribution is 5.83. The lowest BCUT2D eigenvalue weighted by molar-refractivity contribution is -0.121. The predicted octanol–water partition coefficient (Wildman–Crippen LogP) is 1.38. The minimum atomic E-state index is -0.233. The van der Waals surface area contributed by atoms with E-state index in [0.29, 0.717) is 11.5 Å². The van der Waals surface area contributed by atoms with E-state index in [0.717, 1.165) is 17.0 Å². The zero-order chi connectivity index (χ0) is 15.5. The Hall–Kier alpha value is -2.83. The van der Waals surface area contributed by atoms with E-state index in [1.807, 2.05) is 26.0 Å². The second-order valence-electron chi connectivity index (χ2n) is 4.99. The quantitative estimate of drug-likeness (QED) is 0.683. The molecule has 0 spiro atoms. The van der Waals surface area contributed by atoms with Gasteiger partial charge in [-0.2, -0.15) is 10.2 Å². The summed E-state index contributed by atoms with van der Waals surface area (Å²) in [5.41, 5.74) is 5.12. The van der Waals surface area contributed by atoms with E-state index in [1.165, 1.54) is 0 Å². The SMILES string of the molecule is Cc1cc(C)n(CC(=O)N/N=C/c2ccc3c(c2)OCO3)n1. The number of amides is 1. The molecule has 1 aliphatic rings. The topological polar surface area (TPSA) is 77.7 Å². The van der Waals surface area contributed by atoms with E-state index in [1.54, 1.807) is 23.0 Å². The summed E-state index contributed by atoms with van der Waals surface area (Å²) >= 11 is 0. The number of nitrogens with one attached hydrogen (secondary N) is 1. The second-order valence-corrected chi connectivity index (χ2v) is 4.99. The predicted molar refractivity (Wildman–Crippen MR) is 80.0 cm³/mol. The van der Waals surface area contributed by atoms with Gasteiger partial charge in [-0.1, -0.05) is 0 Å². The smallest absolute Gasteiger partial charge is 0.261 e. The van der Waals surface area contributed by atoms with Crippen molar-refractivity contribution in [3.8, 4) is 11.5 Å². The number of aromatic nitrogens is 2. The number of hydrogen-bond donors (Lipinski definition) is 1. The fourth-order valence-corrected chi connectivity index (χ4v) is 2.18. The molecule has 114 valence electrons. The lowest BCUT2D eigenvalue weighted by Gasteiger charge is -2.02. The average molecular weight is 300 g/mol. The fourth-order valence-electron chi connectivity index (χ4n) is 2.18. The maximum atomic E-state index is 11.8. The van der Waals surface area contributed by atoms with Crippen LogP contribution in [-0.2, 0) is 11.3 Å². The molecular weight excluding hydrogens is 284 g/mol. The Balaban J connectivity index is 1.57. The van der Waals surface area contributed by atoms with Gasteiger partial charge in [-0.25, -0.2) is 5.43 Å². The maximum Gasteiger partial charge on any atom is 0.261 e. The molecule has 22 heavy (non-hydrogen) atoms. The van der Waals surface area contributed by atoms with Crippen molar-refractivity contribution in [2.75, 3.05) is 6.79 Å². The van der Waals surface area contributed by atoms with Crippen LogP contribution in [0.4, 0.5) is 0 Å². The number of rotatable bonds is 4. The molecule has 0 saturated carbocycles. The highest BCUT2D eigenvalue weighted by Crippen LogP contribution is 2.31. The van der Waals surface area contributed by atoms with Gasteiger partial charge < -0.3 is 9.47 Å². The Bertz CT molecular complexity index is 736. The Morgan fingerprint density at radius 3 is 2.95 bits per heavy atom. The number of fused-ring (bicyclic) bond motifs is 1. The fraction of sp³-hybridized carbons (Fsp3) is 0.267. The molecule has 0 saturated heterocycles. The summed E-state index contributed by atoms with van der Waals surface area (Å²) in [6.07, 6.45) is 1.56. The summed E-state index contributed by atoms with van der Waals surface area (Å²) in [6.45, 7) is 4.16. The highest BCUT2D eigenvalue weighted by Gasteiger charge is 2.12. The molecule has 1 aliphatic heterocycles. The van der Waals surface area contributed by atoms with Gasteiger partial charge in [-0.05, 0) is 43.7 Å². The van der Waals surface area contributed by atoms with Gasteiger partial charge in [0.1, 0.15) is 6.54 Å². The van der Waals surface area contributed by atoms with Crippen LogP contribution in [0.25, 0.3) is 0 Å². The van der Waals surface area contributed by atoms with Crippen LogP contribution < -0.4 is 14.9 Å². The van der Waals surface area contributed by atoms with Crippen molar-refractivity contribution >= 4 is 12.1 Å². The lowest BCUT2D eigenvalue weighted by Crippen LogP contribution is -2.24. The molecule has 0 aliphatic carbocycles. The van der Waals surface area contributed by atoms with E-state index in [4.69, 9.17) is 9.47 Å². The number of nitrogens with zero attached hydrogens (tertiary/aromatic N) is 3. The summed E-state index contributed by atoms with van der Waals surface area (Å²) < 4.78 is 12.1. The van der Waals surface area contributed by atoms with E-state index >= 15 is 0 Å². The van der Waals surface area contributed by atoms with Gasteiger partial charge in [-0.3, -0.25) is 9.48 Å². The van der Waals surface area contributed by atoms with Gasteiger partial charge in [0.15, 0.2) is 11.5 Å². The van der Waals surface area contributed by atoms with Crippen molar-refractivity contribution in [2.24, 2.45) is 5.10 Å². The zero-order valence-electron chi connectivity index (χ0n) is 12.4. The van der Waals surface area contributed by atoms with Crippen LogP contribution in [0.1, 0.15) is 17.0 Å². The van der Waals surface area contributed by atoms with Gasteiger partial charge in [0.2, 0.25) is 6.79 Å². The number of aryl methyl sites for hydroxylation is 2. The van der Waals surface area contributed by atoms with Crippen molar-refractivity contribution < 1.29 is 14.3 Å². The molecule has 0 fully saturated rings.